The van der Waals surface area contributed by atoms with Crippen LogP contribution >= 0.6 is 11.8 Å². The highest BCUT2D eigenvalue weighted by atomic mass is 32.2. The lowest BCUT2D eigenvalue weighted by Gasteiger charge is -2.05. The van der Waals surface area contributed by atoms with Gasteiger partial charge in [-0.25, -0.2) is 9.38 Å². The lowest BCUT2D eigenvalue weighted by Crippen LogP contribution is -2.03. The van der Waals surface area contributed by atoms with Crippen molar-refractivity contribution in [1.29, 1.82) is 0 Å². The number of hydrogen-bond acceptors (Lipinski definition) is 3. The maximum absolute atomic E-state index is 12.9. The first kappa shape index (κ1) is 13.9. The van der Waals surface area contributed by atoms with Crippen molar-refractivity contribution in [1.82, 2.24) is 4.98 Å². The molecule has 0 N–H and O–H groups in total. The molecule has 2 aromatic rings. The highest BCUT2D eigenvalue weighted by Crippen LogP contribution is 2.32. The van der Waals surface area contributed by atoms with Gasteiger partial charge in [0.1, 0.15) is 10.9 Å². The number of fused-ring (bicyclic) bond motifs is 1. The normalized spacial score (nSPS) is 15.3. The third kappa shape index (κ3) is 2.74. The molecule has 1 aliphatic rings. The molecule has 1 aromatic carbocycles. The first-order valence-electron chi connectivity index (χ1n) is 6.53. The van der Waals surface area contributed by atoms with Crippen LogP contribution in [0.3, 0.4) is 0 Å². The summed E-state index contributed by atoms with van der Waals surface area (Å²) in [6.07, 6.45) is 0. The van der Waals surface area contributed by atoms with Gasteiger partial charge < -0.3 is 0 Å². The Morgan fingerprint density at radius 2 is 2.00 bits per heavy atom. The summed E-state index contributed by atoms with van der Waals surface area (Å²) in [6, 6.07) is 7.41. The fourth-order valence-corrected chi connectivity index (χ4v) is 3.41. The molecule has 0 bridgehead atoms. The molecule has 2 heterocycles. The monoisotopic (exact) mass is 300 g/mol. The van der Waals surface area contributed by atoms with Crippen molar-refractivity contribution in [3.63, 3.8) is 0 Å². The molecule has 21 heavy (non-hydrogen) atoms. The Bertz CT molecular complexity index is 754. The number of carbonyl (C=O) groups excluding carboxylic acids is 1. The molecule has 0 radical (unpaired) electrons. The molecule has 106 valence electrons. The number of carbonyl (C=O) groups is 1. The Balaban J connectivity index is 1.97. The predicted molar refractivity (Wildman–Crippen MR) is 82.3 cm³/mol. The zero-order valence-electron chi connectivity index (χ0n) is 11.7. The lowest BCUT2D eigenvalue weighted by molar-refractivity contribution is 0.100. The van der Waals surface area contributed by atoms with Crippen molar-refractivity contribution in [3.05, 3.63) is 64.2 Å². The number of halogens is 1. The molecular formula is C16H13FN2OS. The second-order valence-electron chi connectivity index (χ2n) is 4.92. The van der Waals surface area contributed by atoms with E-state index in [1.165, 1.54) is 36.0 Å². The maximum Gasteiger partial charge on any atom is 0.278 e. The summed E-state index contributed by atoms with van der Waals surface area (Å²) in [5.41, 5.74) is 4.37. The molecule has 0 atom stereocenters. The van der Waals surface area contributed by atoms with Crippen LogP contribution in [0.5, 0.6) is 0 Å². The Hall–Kier alpha value is -2.01. The number of hydrogen-bond donors (Lipinski definition) is 0. The van der Waals surface area contributed by atoms with Crippen molar-refractivity contribution < 1.29 is 9.18 Å². The van der Waals surface area contributed by atoms with Gasteiger partial charge in [0, 0.05) is 22.6 Å². The van der Waals surface area contributed by atoms with E-state index in [-0.39, 0.29) is 11.7 Å². The quantitative estimate of drug-likeness (QED) is 0.807. The van der Waals surface area contributed by atoms with Gasteiger partial charge in [-0.15, -0.1) is 0 Å². The van der Waals surface area contributed by atoms with Crippen molar-refractivity contribution in [2.75, 3.05) is 0 Å². The minimum atomic E-state index is -0.365. The maximum atomic E-state index is 12.9. The summed E-state index contributed by atoms with van der Waals surface area (Å²) < 4.78 is 12.9. The molecule has 1 aliphatic heterocycles. The molecular weight excluding hydrogens is 287 g/mol. The van der Waals surface area contributed by atoms with Gasteiger partial charge >= 0.3 is 0 Å². The number of nitrogens with zero attached hydrogens (tertiary/aromatic N) is 2. The molecule has 0 saturated carbocycles. The van der Waals surface area contributed by atoms with Crippen LogP contribution in [0, 0.1) is 19.7 Å². The first-order chi connectivity index (χ1) is 10.0. The first-order valence-corrected chi connectivity index (χ1v) is 7.52. The average Bonchev–Trinajstić information content (AvgIpc) is 2.82. The van der Waals surface area contributed by atoms with E-state index in [0.29, 0.717) is 10.6 Å². The van der Waals surface area contributed by atoms with Crippen molar-refractivity contribution in [2.45, 2.75) is 19.6 Å². The second kappa shape index (κ2) is 5.41. The van der Waals surface area contributed by atoms with Crippen LogP contribution in [0.4, 0.5) is 4.39 Å². The van der Waals surface area contributed by atoms with Gasteiger partial charge in [-0.2, -0.15) is 0 Å². The number of aryl methyl sites for hydroxylation is 2. The Morgan fingerprint density at radius 1 is 1.29 bits per heavy atom. The molecule has 1 aromatic heterocycles. The molecule has 5 heteroatoms. The summed E-state index contributed by atoms with van der Waals surface area (Å²) >= 11 is 1.51. The largest absolute Gasteiger partial charge is 0.278 e. The number of rotatable bonds is 1. The van der Waals surface area contributed by atoms with Gasteiger partial charge in [0.25, 0.3) is 5.91 Å². The number of benzene rings is 1. The Kier molecular flexibility index (Phi) is 3.59. The van der Waals surface area contributed by atoms with Crippen LogP contribution < -0.4 is 0 Å². The van der Waals surface area contributed by atoms with Gasteiger partial charge in [-0.3, -0.25) is 9.78 Å². The van der Waals surface area contributed by atoms with Crippen LogP contribution in [0.15, 0.2) is 35.3 Å². The van der Waals surface area contributed by atoms with Crippen LogP contribution in [0.2, 0.25) is 0 Å². The van der Waals surface area contributed by atoms with Crippen LogP contribution in [-0.2, 0) is 5.75 Å². The zero-order valence-corrected chi connectivity index (χ0v) is 12.5. The third-order valence-corrected chi connectivity index (χ3v) is 4.26. The topological polar surface area (TPSA) is 42.3 Å². The SMILES string of the molecule is Cc1cc(C)c2c(n1)CSC2=NC(=O)c1ccc(F)cc1. The van der Waals surface area contributed by atoms with Crippen LogP contribution in [-0.4, -0.2) is 15.9 Å². The molecule has 0 saturated heterocycles. The highest BCUT2D eigenvalue weighted by molar-refractivity contribution is 8.14. The average molecular weight is 300 g/mol. The molecule has 3 nitrogen and oxygen atoms in total. The minimum Gasteiger partial charge on any atom is -0.267 e. The van der Waals surface area contributed by atoms with Crippen LogP contribution in [0.25, 0.3) is 0 Å². The predicted octanol–water partition coefficient (Wildman–Crippen LogP) is 3.67. The summed E-state index contributed by atoms with van der Waals surface area (Å²) in [5.74, 6) is 0.00791. The standard InChI is InChI=1S/C16H13FN2OS/c1-9-7-10(2)18-13-8-21-16(14(9)13)19-15(20)11-3-5-12(17)6-4-11/h3-7H,8H2,1-2H3. The zero-order chi connectivity index (χ0) is 15.0. The number of aromatic nitrogens is 1. The molecule has 0 fully saturated rings. The number of amides is 1. The molecule has 1 amide bonds. The fourth-order valence-electron chi connectivity index (χ4n) is 2.36. The summed E-state index contributed by atoms with van der Waals surface area (Å²) in [4.78, 5) is 20.8. The number of thioether (sulfide) groups is 1. The molecule has 3 rings (SSSR count). The van der Waals surface area contributed by atoms with E-state index in [1.54, 1.807) is 0 Å². The fraction of sp³-hybridized carbons (Fsp3) is 0.188. The van der Waals surface area contributed by atoms with Gasteiger partial charge in [0.15, 0.2) is 0 Å². The van der Waals surface area contributed by atoms with Crippen molar-refractivity contribution in [2.24, 2.45) is 4.99 Å². The van der Waals surface area contributed by atoms with Gasteiger partial charge in [0.2, 0.25) is 0 Å². The third-order valence-electron chi connectivity index (χ3n) is 3.27. The van der Waals surface area contributed by atoms with E-state index in [4.69, 9.17) is 0 Å². The van der Waals surface area contributed by atoms with E-state index in [2.05, 4.69) is 9.98 Å². The summed E-state index contributed by atoms with van der Waals surface area (Å²) in [5, 5.41) is 0.698. The van der Waals surface area contributed by atoms with Gasteiger partial charge in [-0.05, 0) is 49.7 Å². The van der Waals surface area contributed by atoms with E-state index >= 15 is 0 Å². The summed E-state index contributed by atoms with van der Waals surface area (Å²) in [7, 11) is 0. The van der Waals surface area contributed by atoms with Crippen molar-refractivity contribution in [3.8, 4) is 0 Å². The summed E-state index contributed by atoms with van der Waals surface area (Å²) in [6.45, 7) is 3.95. The van der Waals surface area contributed by atoms with Crippen molar-refractivity contribution >= 4 is 22.7 Å². The van der Waals surface area contributed by atoms with E-state index in [0.717, 1.165) is 28.3 Å². The lowest BCUT2D eigenvalue weighted by atomic mass is 10.1. The van der Waals surface area contributed by atoms with Gasteiger partial charge in [0.05, 0.1) is 5.69 Å². The van der Waals surface area contributed by atoms with E-state index in [1.807, 2.05) is 19.9 Å². The number of pyridine rings is 1. The Labute approximate surface area is 126 Å². The minimum absolute atomic E-state index is 0.356. The molecule has 0 aliphatic carbocycles. The van der Waals surface area contributed by atoms with E-state index < -0.39 is 0 Å². The van der Waals surface area contributed by atoms with Gasteiger partial charge in [-0.1, -0.05) is 11.8 Å². The van der Waals surface area contributed by atoms with Crippen LogP contribution in [0.1, 0.15) is 32.9 Å². The molecule has 0 unspecified atom stereocenters. The number of aliphatic imine (C=N–C) groups is 1. The smallest absolute Gasteiger partial charge is 0.267 e. The molecule has 0 spiro atoms. The van der Waals surface area contributed by atoms with E-state index in [9.17, 15) is 9.18 Å². The second-order valence-corrected chi connectivity index (χ2v) is 5.88. The Morgan fingerprint density at radius 3 is 2.71 bits per heavy atom. The highest BCUT2D eigenvalue weighted by Gasteiger charge is 2.23.